The second-order valence-corrected chi connectivity index (χ2v) is 32.6. The zero-order chi connectivity index (χ0) is 86.0. The Kier molecular flexibility index (Phi) is 17.4. The monoisotopic (exact) mass is 1660 g/mol. The van der Waals surface area contributed by atoms with Crippen LogP contribution in [-0.4, -0.2) is 48.2 Å². The number of nitrogens with zero attached hydrogens (tertiary/aromatic N) is 12. The van der Waals surface area contributed by atoms with Crippen LogP contribution >= 0.6 is 0 Å². The van der Waals surface area contributed by atoms with Crippen molar-refractivity contribution in [1.29, 1.82) is 10.5 Å². The van der Waals surface area contributed by atoms with Gasteiger partial charge in [0.15, 0.2) is 40.5 Å². The summed E-state index contributed by atoms with van der Waals surface area (Å²) in [5, 5.41) is 34.9. The van der Waals surface area contributed by atoms with E-state index in [-0.39, 0.29) is 0 Å². The number of hydrogen-bond donors (Lipinski definition) is 0. The lowest BCUT2D eigenvalue weighted by Gasteiger charge is -2.13. The fourth-order valence-electron chi connectivity index (χ4n) is 19.4. The fourth-order valence-corrected chi connectivity index (χ4v) is 19.4. The molecule has 0 N–H and O–H groups in total. The van der Waals surface area contributed by atoms with E-state index in [4.69, 9.17) is 38.7 Å². The summed E-state index contributed by atoms with van der Waals surface area (Å²) in [6, 6.07) is 146. The van der Waals surface area contributed by atoms with Crippen molar-refractivity contribution in [3.05, 3.63) is 424 Å². The molecule has 26 rings (SSSR count). The van der Waals surface area contributed by atoms with Gasteiger partial charge < -0.3 is 27.1 Å². The molecule has 0 fully saturated rings. The summed E-state index contributed by atoms with van der Waals surface area (Å²) in [5.41, 5.74) is 25.5. The molecule has 18 aromatic carbocycles. The van der Waals surface area contributed by atoms with Gasteiger partial charge in [0.2, 0.25) is 0 Å². The highest BCUT2D eigenvalue weighted by Gasteiger charge is 2.28. The molecule has 8 aromatic heterocycles. The van der Waals surface area contributed by atoms with Crippen molar-refractivity contribution >= 4 is 131 Å². The van der Waals surface area contributed by atoms with E-state index in [0.717, 1.165) is 193 Å². The third kappa shape index (κ3) is 12.1. The van der Waals surface area contributed by atoms with Crippen molar-refractivity contribution in [2.75, 3.05) is 0 Å². The van der Waals surface area contributed by atoms with Crippen LogP contribution in [0.15, 0.2) is 421 Å². The van der Waals surface area contributed by atoms with Gasteiger partial charge in [-0.05, 0) is 162 Å². The second kappa shape index (κ2) is 30.3. The number of hydrogen-bond acceptors (Lipinski definition) is 10. The Morgan fingerprint density at radius 1 is 0.200 bits per heavy atom. The Hall–Kier alpha value is -18.2. The van der Waals surface area contributed by atoms with Crippen LogP contribution in [0.2, 0.25) is 0 Å². The van der Waals surface area contributed by atoms with E-state index in [1.54, 1.807) is 0 Å². The third-order valence-corrected chi connectivity index (χ3v) is 25.2. The Bertz CT molecular complexity index is 9190. The number of furan rings is 2. The highest BCUT2D eigenvalue weighted by Crippen LogP contribution is 2.49. The molecule has 0 radical (unpaired) electrons. The predicted octanol–water partition coefficient (Wildman–Crippen LogP) is 29.0. The molecule has 0 amide bonds. The smallest absolute Gasteiger partial charge is 0.164 e. The number of benzene rings is 18. The molecule has 130 heavy (non-hydrogen) atoms. The molecule has 604 valence electrons. The van der Waals surface area contributed by atoms with Crippen LogP contribution in [0.1, 0.15) is 11.1 Å². The fraction of sp³-hybridized carbons (Fsp3) is 0. The molecule has 14 nitrogen and oxygen atoms in total. The standard InChI is InChI=1S/2C58H34N6O/c59-35-41-34-40(58-61-56(37-17-6-2-7-18-37)60-57(62-58)39-20-14-19-38(33-39)36-15-4-1-5-16-36)27-29-46(41)64-48-26-13-10-23-43(48)52-49(64)31-32-51-54(52)45-28-30-50-53(55(45)65-51)44-24-11-12-25-47(44)63(50)42-21-8-3-9-22-42;59-35-41-34-40(58-61-56(37-17-6-2-7-18-37)60-57(62-58)39-20-14-19-38(33-39)36-15-4-1-5-16-36)27-30-47(41)64-49-26-13-11-24-45(49)52-50(64)31-32-51-53(52)46-29-28-44-43-23-10-12-25-48(43)63(54(44)55(46)65-51)42-21-8-3-9-22-42/h2*1-34H. The molecule has 0 aliphatic heterocycles. The van der Waals surface area contributed by atoms with Crippen LogP contribution in [0, 0.1) is 22.7 Å². The summed E-state index contributed by atoms with van der Waals surface area (Å²) < 4.78 is 22.9. The normalized spacial score (nSPS) is 11.7. The number of fused-ring (bicyclic) bond motifs is 22. The van der Waals surface area contributed by atoms with E-state index in [2.05, 4.69) is 273 Å². The minimum absolute atomic E-state index is 0.482. The first-order valence-electron chi connectivity index (χ1n) is 43.2. The van der Waals surface area contributed by atoms with Gasteiger partial charge in [0.25, 0.3) is 0 Å². The van der Waals surface area contributed by atoms with Crippen molar-refractivity contribution in [2.24, 2.45) is 0 Å². The van der Waals surface area contributed by atoms with Crippen LogP contribution in [0.3, 0.4) is 0 Å². The van der Waals surface area contributed by atoms with Crippen molar-refractivity contribution in [3.8, 4) is 125 Å². The average Bonchev–Trinajstić information content (AvgIpc) is 1.54. The summed E-state index contributed by atoms with van der Waals surface area (Å²) in [6.45, 7) is 0. The van der Waals surface area contributed by atoms with Crippen LogP contribution in [-0.2, 0) is 0 Å². The van der Waals surface area contributed by atoms with Gasteiger partial charge in [-0.25, -0.2) is 29.9 Å². The first kappa shape index (κ1) is 74.4. The minimum Gasteiger partial charge on any atom is -0.455 e. The largest absolute Gasteiger partial charge is 0.455 e. The number of para-hydroxylation sites is 6. The molecule has 0 aliphatic carbocycles. The van der Waals surface area contributed by atoms with E-state index >= 15 is 0 Å². The van der Waals surface area contributed by atoms with Gasteiger partial charge in [0.1, 0.15) is 28.9 Å². The molecule has 0 saturated heterocycles. The first-order chi connectivity index (χ1) is 64.4. The van der Waals surface area contributed by atoms with E-state index in [1.165, 1.54) is 5.39 Å². The number of aromatic nitrogens is 10. The van der Waals surface area contributed by atoms with Gasteiger partial charge in [-0.2, -0.15) is 10.5 Å². The van der Waals surface area contributed by atoms with Crippen LogP contribution in [0.4, 0.5) is 0 Å². The highest BCUT2D eigenvalue weighted by molar-refractivity contribution is 6.33. The Balaban J connectivity index is 0.000000140. The lowest BCUT2D eigenvalue weighted by molar-refractivity contribution is 0.671. The van der Waals surface area contributed by atoms with Gasteiger partial charge in [0.05, 0.1) is 72.0 Å². The maximum atomic E-state index is 11.0. The Labute approximate surface area is 742 Å². The molecule has 8 heterocycles. The van der Waals surface area contributed by atoms with Gasteiger partial charge in [-0.15, -0.1) is 0 Å². The Morgan fingerprint density at radius 3 is 0.969 bits per heavy atom. The number of nitriles is 2. The Morgan fingerprint density at radius 2 is 0.515 bits per heavy atom. The van der Waals surface area contributed by atoms with Gasteiger partial charge in [0, 0.05) is 104 Å². The van der Waals surface area contributed by atoms with Crippen LogP contribution < -0.4 is 0 Å². The second-order valence-electron chi connectivity index (χ2n) is 32.6. The van der Waals surface area contributed by atoms with Crippen molar-refractivity contribution in [3.63, 3.8) is 0 Å². The summed E-state index contributed by atoms with van der Waals surface area (Å²) in [5.74, 6) is 3.17. The molecule has 0 spiro atoms. The summed E-state index contributed by atoms with van der Waals surface area (Å²) >= 11 is 0. The molecule has 0 atom stereocenters. The van der Waals surface area contributed by atoms with E-state index < -0.39 is 0 Å². The molecule has 0 saturated carbocycles. The maximum Gasteiger partial charge on any atom is 0.164 e. The minimum atomic E-state index is 0.482. The van der Waals surface area contributed by atoms with E-state index in [9.17, 15) is 10.5 Å². The zero-order valence-corrected chi connectivity index (χ0v) is 69.4. The van der Waals surface area contributed by atoms with Gasteiger partial charge in [-0.1, -0.05) is 273 Å². The van der Waals surface area contributed by atoms with Crippen molar-refractivity contribution in [1.82, 2.24) is 48.2 Å². The average molecular weight is 1660 g/mol. The number of rotatable bonds is 12. The van der Waals surface area contributed by atoms with Crippen LogP contribution in [0.25, 0.3) is 244 Å². The first-order valence-corrected chi connectivity index (χ1v) is 43.2. The molecular weight excluding hydrogens is 1590 g/mol. The quantitative estimate of drug-likeness (QED) is 0.115. The highest BCUT2D eigenvalue weighted by atomic mass is 16.3. The summed E-state index contributed by atoms with van der Waals surface area (Å²) in [6.07, 6.45) is 0. The summed E-state index contributed by atoms with van der Waals surface area (Å²) in [4.78, 5) is 30.2. The maximum absolute atomic E-state index is 11.0. The molecular formula is C116H68N12O2. The van der Waals surface area contributed by atoms with Gasteiger partial charge in [-0.3, -0.25) is 0 Å². The molecule has 0 unspecified atom stereocenters. The van der Waals surface area contributed by atoms with Gasteiger partial charge >= 0.3 is 0 Å². The van der Waals surface area contributed by atoms with Crippen molar-refractivity contribution in [2.45, 2.75) is 0 Å². The van der Waals surface area contributed by atoms with E-state index in [0.29, 0.717) is 57.2 Å². The molecule has 26 aromatic rings. The topological polar surface area (TPSA) is 171 Å². The van der Waals surface area contributed by atoms with Crippen molar-refractivity contribution < 1.29 is 8.83 Å². The zero-order valence-electron chi connectivity index (χ0n) is 69.4. The third-order valence-electron chi connectivity index (χ3n) is 25.2. The van der Waals surface area contributed by atoms with Crippen LogP contribution in [0.5, 0.6) is 0 Å². The molecule has 0 aliphatic rings. The lowest BCUT2D eigenvalue weighted by Crippen LogP contribution is -2.02. The molecule has 14 heteroatoms. The predicted molar refractivity (Wildman–Crippen MR) is 524 cm³/mol. The molecule has 0 bridgehead atoms. The SMILES string of the molecule is N#Cc1cc(-c2nc(-c3ccccc3)nc(-c3cccc(-c4ccccc4)c3)n2)ccc1-n1c2ccccc2c2c3c(ccc21)oc1c3ccc2c1c1ccccc1n2-c1ccccc1.N#Cc1cc(-c2nc(-c3ccccc3)nc(-c3cccc(-c4ccccc4)c3)n2)ccc1-n1c2ccccc2c2c3c(ccc21)oc1c3ccc2c3ccccc3n(-c3ccccc3)c21. The summed E-state index contributed by atoms with van der Waals surface area (Å²) in [7, 11) is 0. The van der Waals surface area contributed by atoms with E-state index in [1.807, 2.05) is 170 Å². The lowest BCUT2D eigenvalue weighted by atomic mass is 10.0.